The quantitative estimate of drug-likeness (QED) is 0.733. The number of fused-ring (bicyclic) bond motifs is 1. The van der Waals surface area contributed by atoms with Crippen LogP contribution in [0.5, 0.6) is 0 Å². The molecule has 2 aromatic carbocycles. The maximum atomic E-state index is 12.7. The van der Waals surface area contributed by atoms with Gasteiger partial charge in [0.05, 0.1) is 22.8 Å². The summed E-state index contributed by atoms with van der Waals surface area (Å²) in [7, 11) is 0. The second-order valence-electron chi connectivity index (χ2n) is 6.93. The Hall–Kier alpha value is -3.48. The van der Waals surface area contributed by atoms with Gasteiger partial charge in [0.15, 0.2) is 0 Å². The lowest BCUT2D eigenvalue weighted by Crippen LogP contribution is -2.40. The highest BCUT2D eigenvalue weighted by Gasteiger charge is 2.26. The molecule has 0 saturated carbocycles. The fourth-order valence-corrected chi connectivity index (χ4v) is 3.20. The molecule has 0 bridgehead atoms. The fourth-order valence-electron chi connectivity index (χ4n) is 3.20. The number of H-pyrrole nitrogens is 1. The van der Waals surface area contributed by atoms with Gasteiger partial charge < -0.3 is 10.3 Å². The summed E-state index contributed by atoms with van der Waals surface area (Å²) in [5, 5.41) is 8.56. The minimum atomic E-state index is -0.312. The van der Waals surface area contributed by atoms with Crippen LogP contribution < -0.4 is 10.3 Å². The summed E-state index contributed by atoms with van der Waals surface area (Å²) in [6.45, 7) is 3.81. The highest BCUT2D eigenvalue weighted by atomic mass is 16.2. The number of aromatic nitrogens is 2. The minimum Gasteiger partial charge on any atom is -0.341 e. The third kappa shape index (κ3) is 3.51. The molecule has 1 aromatic heterocycles. The van der Waals surface area contributed by atoms with E-state index in [4.69, 9.17) is 0 Å². The molecule has 2 amide bonds. The molecule has 2 heterocycles. The van der Waals surface area contributed by atoms with Gasteiger partial charge in [0.1, 0.15) is 11.5 Å². The number of amides is 2. The Morgan fingerprint density at radius 1 is 1.18 bits per heavy atom. The summed E-state index contributed by atoms with van der Waals surface area (Å²) in [4.78, 5) is 32.8. The number of benzene rings is 2. The maximum absolute atomic E-state index is 12.7. The molecule has 0 fully saturated rings. The van der Waals surface area contributed by atoms with Crippen LogP contribution in [0.3, 0.4) is 0 Å². The lowest BCUT2D eigenvalue weighted by atomic mass is 10.1. The highest BCUT2D eigenvalue weighted by Crippen LogP contribution is 2.22. The van der Waals surface area contributed by atoms with Gasteiger partial charge in [0, 0.05) is 12.8 Å². The number of carbonyl (C=O) groups excluding carboxylic acids is 2. The van der Waals surface area contributed by atoms with Crippen molar-refractivity contribution in [2.75, 3.05) is 5.01 Å². The summed E-state index contributed by atoms with van der Waals surface area (Å²) in [5.41, 5.74) is 3.80. The topological polar surface area (TPSA) is 90.4 Å². The van der Waals surface area contributed by atoms with Crippen LogP contribution in [-0.4, -0.2) is 27.5 Å². The van der Waals surface area contributed by atoms with E-state index in [9.17, 15) is 9.59 Å². The third-order valence-corrected chi connectivity index (χ3v) is 4.71. The average Bonchev–Trinajstić information content (AvgIpc) is 3.12. The van der Waals surface area contributed by atoms with E-state index in [1.807, 2.05) is 62.4 Å². The van der Waals surface area contributed by atoms with Gasteiger partial charge in [0.25, 0.3) is 5.91 Å². The Balaban J connectivity index is 1.53. The first-order chi connectivity index (χ1) is 13.5. The molecule has 0 saturated heterocycles. The molecule has 4 rings (SSSR count). The van der Waals surface area contributed by atoms with Gasteiger partial charge in [-0.25, -0.2) is 9.99 Å². The van der Waals surface area contributed by atoms with Gasteiger partial charge in [0.2, 0.25) is 5.91 Å². The number of imidazole rings is 1. The second-order valence-corrected chi connectivity index (χ2v) is 6.93. The Bertz CT molecular complexity index is 1050. The van der Waals surface area contributed by atoms with Crippen LogP contribution in [0.25, 0.3) is 11.0 Å². The summed E-state index contributed by atoms with van der Waals surface area (Å²) < 4.78 is 0. The van der Waals surface area contributed by atoms with E-state index in [0.717, 1.165) is 16.6 Å². The molecule has 2 N–H and O–H groups in total. The number of hydrazone groups is 1. The Morgan fingerprint density at radius 3 is 2.79 bits per heavy atom. The molecule has 0 aliphatic carbocycles. The van der Waals surface area contributed by atoms with Crippen LogP contribution in [0, 0.1) is 6.92 Å². The monoisotopic (exact) mass is 375 g/mol. The molecule has 0 spiro atoms. The molecule has 1 atom stereocenters. The summed E-state index contributed by atoms with van der Waals surface area (Å²) in [6.07, 6.45) is 0.568. The SMILES string of the molecule is Cc1cccc(N2N=C(C(=O)N[C@@H](C)c3nc4ccccc4[nH]3)CCC2=O)c1. The van der Waals surface area contributed by atoms with Gasteiger partial charge in [-0.05, 0) is 43.7 Å². The number of carbonyl (C=O) groups is 2. The van der Waals surface area contributed by atoms with E-state index in [0.29, 0.717) is 23.6 Å². The number of aryl methyl sites for hydroxylation is 1. The Morgan fingerprint density at radius 2 is 2.00 bits per heavy atom. The van der Waals surface area contributed by atoms with Crippen molar-refractivity contribution in [1.29, 1.82) is 0 Å². The fraction of sp³-hybridized carbons (Fsp3) is 0.238. The van der Waals surface area contributed by atoms with Crippen LogP contribution in [-0.2, 0) is 9.59 Å². The lowest BCUT2D eigenvalue weighted by Gasteiger charge is -2.24. The van der Waals surface area contributed by atoms with Gasteiger partial charge in [-0.1, -0.05) is 24.3 Å². The Kier molecular flexibility index (Phi) is 4.65. The molecule has 0 unspecified atom stereocenters. The number of aromatic amines is 1. The normalized spacial score (nSPS) is 15.4. The van der Waals surface area contributed by atoms with E-state index in [-0.39, 0.29) is 24.3 Å². The third-order valence-electron chi connectivity index (χ3n) is 4.71. The van der Waals surface area contributed by atoms with E-state index < -0.39 is 0 Å². The molecule has 1 aliphatic rings. The molecule has 0 radical (unpaired) electrons. The summed E-state index contributed by atoms with van der Waals surface area (Å²) in [6, 6.07) is 14.9. The van der Waals surface area contributed by atoms with Gasteiger partial charge in [-0.2, -0.15) is 5.10 Å². The van der Waals surface area contributed by atoms with Crippen molar-refractivity contribution >= 4 is 34.2 Å². The number of hydrogen-bond donors (Lipinski definition) is 2. The van der Waals surface area contributed by atoms with E-state index in [1.165, 1.54) is 5.01 Å². The molecular weight excluding hydrogens is 354 g/mol. The molecule has 142 valence electrons. The lowest BCUT2D eigenvalue weighted by molar-refractivity contribution is -0.119. The van der Waals surface area contributed by atoms with E-state index in [1.54, 1.807) is 0 Å². The highest BCUT2D eigenvalue weighted by molar-refractivity contribution is 6.40. The molecule has 3 aromatic rings. The minimum absolute atomic E-state index is 0.118. The van der Waals surface area contributed by atoms with Crippen molar-refractivity contribution in [2.24, 2.45) is 5.10 Å². The zero-order valence-corrected chi connectivity index (χ0v) is 15.8. The number of nitrogens with zero attached hydrogens (tertiary/aromatic N) is 3. The Labute approximate surface area is 162 Å². The number of para-hydroxylation sites is 2. The van der Waals surface area contributed by atoms with Crippen LogP contribution in [0.4, 0.5) is 5.69 Å². The average molecular weight is 375 g/mol. The van der Waals surface area contributed by atoms with Crippen molar-refractivity contribution in [3.8, 4) is 0 Å². The molecule has 1 aliphatic heterocycles. The van der Waals surface area contributed by atoms with Crippen LogP contribution >= 0.6 is 0 Å². The van der Waals surface area contributed by atoms with Crippen LogP contribution in [0.15, 0.2) is 53.6 Å². The first kappa shape index (κ1) is 17.9. The zero-order valence-electron chi connectivity index (χ0n) is 15.8. The van der Waals surface area contributed by atoms with Crippen molar-refractivity contribution in [1.82, 2.24) is 15.3 Å². The standard InChI is InChI=1S/C21H21N5O2/c1-13-6-5-7-15(12-13)26-19(27)11-10-18(25-26)21(28)22-14(2)20-23-16-8-3-4-9-17(16)24-20/h3-9,12,14H,10-11H2,1-2H3,(H,22,28)(H,23,24)/t14-/m0/s1. The van der Waals surface area contributed by atoms with Crippen molar-refractivity contribution in [3.63, 3.8) is 0 Å². The molecule has 7 heteroatoms. The van der Waals surface area contributed by atoms with E-state index in [2.05, 4.69) is 20.4 Å². The van der Waals surface area contributed by atoms with Crippen LogP contribution in [0.2, 0.25) is 0 Å². The van der Waals surface area contributed by atoms with Gasteiger partial charge in [-0.15, -0.1) is 0 Å². The number of rotatable bonds is 4. The first-order valence-electron chi connectivity index (χ1n) is 9.24. The maximum Gasteiger partial charge on any atom is 0.268 e. The van der Waals surface area contributed by atoms with Gasteiger partial charge >= 0.3 is 0 Å². The predicted octanol–water partition coefficient (Wildman–Crippen LogP) is 3.23. The molecular formula is C21H21N5O2. The second kappa shape index (κ2) is 7.26. The van der Waals surface area contributed by atoms with Gasteiger partial charge in [-0.3, -0.25) is 9.59 Å². The predicted molar refractivity (Wildman–Crippen MR) is 108 cm³/mol. The zero-order chi connectivity index (χ0) is 19.7. The number of anilines is 1. The number of nitrogens with one attached hydrogen (secondary N) is 2. The van der Waals surface area contributed by atoms with E-state index >= 15 is 0 Å². The van der Waals surface area contributed by atoms with Crippen molar-refractivity contribution in [3.05, 3.63) is 59.9 Å². The smallest absolute Gasteiger partial charge is 0.268 e. The van der Waals surface area contributed by atoms with Crippen molar-refractivity contribution in [2.45, 2.75) is 32.7 Å². The van der Waals surface area contributed by atoms with Crippen LogP contribution in [0.1, 0.15) is 37.2 Å². The first-order valence-corrected chi connectivity index (χ1v) is 9.24. The number of hydrogen-bond acceptors (Lipinski definition) is 4. The largest absolute Gasteiger partial charge is 0.341 e. The summed E-state index contributed by atoms with van der Waals surface area (Å²) in [5.74, 6) is 0.267. The molecule has 28 heavy (non-hydrogen) atoms. The summed E-state index contributed by atoms with van der Waals surface area (Å²) >= 11 is 0. The van der Waals surface area contributed by atoms with Crippen molar-refractivity contribution < 1.29 is 9.59 Å². The molecule has 7 nitrogen and oxygen atoms in total.